The van der Waals surface area contributed by atoms with Crippen LogP contribution in [0.2, 0.25) is 0 Å². The number of aliphatic hydroxyl groups excluding tert-OH is 1. The number of pyridine rings is 1. The second kappa shape index (κ2) is 3.40. The topological polar surface area (TPSA) is 63.5 Å². The van der Waals surface area contributed by atoms with Crippen LogP contribution in [0.4, 0.5) is 0 Å². The summed E-state index contributed by atoms with van der Waals surface area (Å²) in [6.45, 7) is 2.15. The third-order valence-electron chi connectivity index (χ3n) is 2.37. The van der Waals surface area contributed by atoms with Crippen LogP contribution in [0.1, 0.15) is 17.5 Å². The monoisotopic (exact) mass is 191 g/mol. The first-order valence-electron chi connectivity index (χ1n) is 4.54. The Morgan fingerprint density at radius 3 is 3.14 bits per heavy atom. The van der Waals surface area contributed by atoms with Crippen molar-refractivity contribution < 1.29 is 5.11 Å². The summed E-state index contributed by atoms with van der Waals surface area (Å²) in [6, 6.07) is 3.75. The van der Waals surface area contributed by atoms with Crippen molar-refractivity contribution in [1.29, 1.82) is 0 Å². The molecule has 4 heteroatoms. The SMILES string of the molecule is Cc1ncc2c(C(O)CN)cccn12. The van der Waals surface area contributed by atoms with E-state index in [4.69, 9.17) is 5.73 Å². The number of imidazole rings is 1. The van der Waals surface area contributed by atoms with Crippen molar-refractivity contribution in [2.45, 2.75) is 13.0 Å². The molecule has 0 aliphatic rings. The number of aliphatic hydroxyl groups is 1. The van der Waals surface area contributed by atoms with Gasteiger partial charge >= 0.3 is 0 Å². The molecule has 2 aromatic heterocycles. The zero-order valence-electron chi connectivity index (χ0n) is 8.01. The highest BCUT2D eigenvalue weighted by atomic mass is 16.3. The van der Waals surface area contributed by atoms with E-state index in [1.807, 2.05) is 29.7 Å². The van der Waals surface area contributed by atoms with Crippen LogP contribution >= 0.6 is 0 Å². The molecule has 2 aromatic rings. The summed E-state index contributed by atoms with van der Waals surface area (Å²) in [5.74, 6) is 0.908. The van der Waals surface area contributed by atoms with Gasteiger partial charge in [-0.15, -0.1) is 0 Å². The second-order valence-electron chi connectivity index (χ2n) is 3.28. The Morgan fingerprint density at radius 2 is 2.43 bits per heavy atom. The van der Waals surface area contributed by atoms with E-state index in [9.17, 15) is 5.11 Å². The number of nitrogens with zero attached hydrogens (tertiary/aromatic N) is 2. The number of hydrogen-bond donors (Lipinski definition) is 2. The zero-order chi connectivity index (χ0) is 10.1. The van der Waals surface area contributed by atoms with Crippen molar-refractivity contribution >= 4 is 5.52 Å². The molecule has 74 valence electrons. The van der Waals surface area contributed by atoms with E-state index in [0.717, 1.165) is 16.9 Å². The highest BCUT2D eigenvalue weighted by Gasteiger charge is 2.10. The summed E-state index contributed by atoms with van der Waals surface area (Å²) >= 11 is 0. The Balaban J connectivity index is 2.65. The lowest BCUT2D eigenvalue weighted by Crippen LogP contribution is -2.12. The highest BCUT2D eigenvalue weighted by molar-refractivity contribution is 5.55. The number of aryl methyl sites for hydroxylation is 1. The van der Waals surface area contributed by atoms with Gasteiger partial charge in [-0.25, -0.2) is 4.98 Å². The van der Waals surface area contributed by atoms with Gasteiger partial charge in [0.25, 0.3) is 0 Å². The van der Waals surface area contributed by atoms with E-state index in [2.05, 4.69) is 4.98 Å². The molecule has 4 nitrogen and oxygen atoms in total. The number of nitrogens with two attached hydrogens (primary N) is 1. The molecule has 0 aromatic carbocycles. The maximum absolute atomic E-state index is 9.67. The first-order chi connectivity index (χ1) is 6.74. The summed E-state index contributed by atoms with van der Waals surface area (Å²) in [5, 5.41) is 9.67. The van der Waals surface area contributed by atoms with Crippen LogP contribution in [0, 0.1) is 6.92 Å². The van der Waals surface area contributed by atoms with Crippen LogP contribution in [0.3, 0.4) is 0 Å². The molecule has 0 amide bonds. The lowest BCUT2D eigenvalue weighted by atomic mass is 10.1. The first-order valence-corrected chi connectivity index (χ1v) is 4.54. The average molecular weight is 191 g/mol. The second-order valence-corrected chi connectivity index (χ2v) is 3.28. The first kappa shape index (κ1) is 9.18. The Bertz CT molecular complexity index is 450. The molecule has 0 bridgehead atoms. The summed E-state index contributed by atoms with van der Waals surface area (Å²) in [4.78, 5) is 4.18. The van der Waals surface area contributed by atoms with Crippen molar-refractivity contribution in [3.8, 4) is 0 Å². The van der Waals surface area contributed by atoms with Crippen molar-refractivity contribution in [1.82, 2.24) is 9.38 Å². The van der Waals surface area contributed by atoms with Crippen molar-refractivity contribution in [3.63, 3.8) is 0 Å². The number of hydrogen-bond acceptors (Lipinski definition) is 3. The van der Waals surface area contributed by atoms with Gasteiger partial charge in [0.05, 0.1) is 17.8 Å². The van der Waals surface area contributed by atoms with Crippen molar-refractivity contribution in [2.75, 3.05) is 6.54 Å². The van der Waals surface area contributed by atoms with Gasteiger partial charge in [0.2, 0.25) is 0 Å². The molecule has 0 saturated heterocycles. The van der Waals surface area contributed by atoms with E-state index < -0.39 is 6.10 Å². The normalized spacial score (nSPS) is 13.4. The van der Waals surface area contributed by atoms with Gasteiger partial charge in [-0.3, -0.25) is 0 Å². The number of rotatable bonds is 2. The fourth-order valence-corrected chi connectivity index (χ4v) is 1.58. The van der Waals surface area contributed by atoms with Gasteiger partial charge in [-0.2, -0.15) is 0 Å². The molecule has 0 aliphatic carbocycles. The Morgan fingerprint density at radius 1 is 1.64 bits per heavy atom. The molecule has 0 spiro atoms. The van der Waals surface area contributed by atoms with Gasteiger partial charge in [0.1, 0.15) is 5.82 Å². The Kier molecular flexibility index (Phi) is 2.23. The summed E-state index contributed by atoms with van der Waals surface area (Å²) < 4.78 is 1.94. The Labute approximate surface area is 82.0 Å². The molecule has 0 aliphatic heterocycles. The molecule has 0 fully saturated rings. The van der Waals surface area contributed by atoms with Gasteiger partial charge in [0.15, 0.2) is 0 Å². The summed E-state index contributed by atoms with van der Waals surface area (Å²) in [6.07, 6.45) is 3.06. The van der Waals surface area contributed by atoms with Crippen LogP contribution in [-0.4, -0.2) is 21.0 Å². The third-order valence-corrected chi connectivity index (χ3v) is 2.37. The van der Waals surface area contributed by atoms with Gasteiger partial charge < -0.3 is 15.2 Å². The highest BCUT2D eigenvalue weighted by Crippen LogP contribution is 2.18. The minimum Gasteiger partial charge on any atom is -0.387 e. The lowest BCUT2D eigenvalue weighted by molar-refractivity contribution is 0.188. The zero-order valence-corrected chi connectivity index (χ0v) is 8.01. The van der Waals surface area contributed by atoms with E-state index in [1.54, 1.807) is 6.20 Å². The quantitative estimate of drug-likeness (QED) is 0.732. The molecular weight excluding hydrogens is 178 g/mol. The van der Waals surface area contributed by atoms with Crippen LogP contribution in [0.25, 0.3) is 5.52 Å². The standard InChI is InChI=1S/C10H13N3O/c1-7-12-6-9-8(10(14)5-11)3-2-4-13(7)9/h2-4,6,10,14H,5,11H2,1H3. The molecule has 2 rings (SSSR count). The molecule has 2 heterocycles. The molecule has 0 saturated carbocycles. The molecule has 1 atom stereocenters. The third kappa shape index (κ3) is 1.29. The van der Waals surface area contributed by atoms with Crippen LogP contribution < -0.4 is 5.73 Å². The van der Waals surface area contributed by atoms with E-state index in [0.29, 0.717) is 0 Å². The van der Waals surface area contributed by atoms with Gasteiger partial charge in [-0.1, -0.05) is 6.07 Å². The maximum atomic E-state index is 9.67. The minimum atomic E-state index is -0.616. The fraction of sp³-hybridized carbons (Fsp3) is 0.300. The average Bonchev–Trinajstić information content (AvgIpc) is 2.59. The number of fused-ring (bicyclic) bond motifs is 1. The summed E-state index contributed by atoms with van der Waals surface area (Å²) in [5.41, 5.74) is 7.17. The van der Waals surface area contributed by atoms with E-state index in [1.165, 1.54) is 0 Å². The van der Waals surface area contributed by atoms with Crippen molar-refractivity contribution in [3.05, 3.63) is 35.9 Å². The fourth-order valence-electron chi connectivity index (χ4n) is 1.58. The molecule has 0 radical (unpaired) electrons. The largest absolute Gasteiger partial charge is 0.387 e. The van der Waals surface area contributed by atoms with E-state index >= 15 is 0 Å². The lowest BCUT2D eigenvalue weighted by Gasteiger charge is -2.09. The van der Waals surface area contributed by atoms with Crippen LogP contribution in [0.15, 0.2) is 24.5 Å². The minimum absolute atomic E-state index is 0.226. The van der Waals surface area contributed by atoms with Gasteiger partial charge in [-0.05, 0) is 13.0 Å². The maximum Gasteiger partial charge on any atom is 0.110 e. The molecular formula is C10H13N3O. The molecule has 14 heavy (non-hydrogen) atoms. The smallest absolute Gasteiger partial charge is 0.110 e. The van der Waals surface area contributed by atoms with Crippen molar-refractivity contribution in [2.24, 2.45) is 5.73 Å². The molecule has 3 N–H and O–H groups in total. The Hall–Kier alpha value is -1.39. The summed E-state index contributed by atoms with van der Waals surface area (Å²) in [7, 11) is 0. The van der Waals surface area contributed by atoms with Gasteiger partial charge in [0, 0.05) is 18.3 Å². The van der Waals surface area contributed by atoms with E-state index in [-0.39, 0.29) is 6.54 Å². The predicted octanol–water partition coefficient (Wildman–Crippen LogP) is 0.635. The van der Waals surface area contributed by atoms with Crippen LogP contribution in [0.5, 0.6) is 0 Å². The predicted molar refractivity (Wildman–Crippen MR) is 53.9 cm³/mol. The molecule has 1 unspecified atom stereocenters. The number of aromatic nitrogens is 2. The van der Waals surface area contributed by atoms with Crippen LogP contribution in [-0.2, 0) is 0 Å².